The van der Waals surface area contributed by atoms with Crippen LogP contribution in [0.4, 0.5) is 38.0 Å². The topological polar surface area (TPSA) is 102 Å². The summed E-state index contributed by atoms with van der Waals surface area (Å²) in [4.78, 5) is 26.8. The van der Waals surface area contributed by atoms with Gasteiger partial charge in [0.05, 0.1) is 23.0 Å². The number of benzene rings is 1. The molecule has 2 aliphatic heterocycles. The summed E-state index contributed by atoms with van der Waals surface area (Å²) in [6.07, 6.45) is -4.86. The third kappa shape index (κ3) is 8.51. The fraction of sp³-hybridized carbons (Fsp3) is 0.667. The molecule has 266 valence electrons. The van der Waals surface area contributed by atoms with Gasteiger partial charge in [0.1, 0.15) is 11.9 Å². The van der Waals surface area contributed by atoms with E-state index in [1.807, 2.05) is 6.92 Å². The van der Waals surface area contributed by atoms with E-state index in [0.29, 0.717) is 48.5 Å². The average Bonchev–Trinajstić information content (AvgIpc) is 3.65. The van der Waals surface area contributed by atoms with E-state index >= 15 is 0 Å². The van der Waals surface area contributed by atoms with Gasteiger partial charge in [0, 0.05) is 45.2 Å². The van der Waals surface area contributed by atoms with E-state index in [2.05, 4.69) is 9.80 Å². The predicted molar refractivity (Wildman–Crippen MR) is 165 cm³/mol. The summed E-state index contributed by atoms with van der Waals surface area (Å²) in [7, 11) is 0. The van der Waals surface area contributed by atoms with Crippen LogP contribution in [0.1, 0.15) is 93.7 Å². The van der Waals surface area contributed by atoms with E-state index in [4.69, 9.17) is 14.7 Å². The van der Waals surface area contributed by atoms with Gasteiger partial charge in [-0.15, -0.1) is 0 Å². The number of carboxylic acids is 1. The molecule has 0 amide bonds. The highest BCUT2D eigenvalue weighted by Crippen LogP contribution is 2.42. The van der Waals surface area contributed by atoms with Crippen molar-refractivity contribution < 1.29 is 46.1 Å². The second kappa shape index (κ2) is 14.8. The van der Waals surface area contributed by atoms with Gasteiger partial charge < -0.3 is 24.7 Å². The van der Waals surface area contributed by atoms with Gasteiger partial charge in [-0.3, -0.25) is 4.79 Å². The van der Waals surface area contributed by atoms with Gasteiger partial charge in [0.15, 0.2) is 5.82 Å². The van der Waals surface area contributed by atoms with E-state index in [1.54, 1.807) is 13.1 Å². The molecule has 15 heteroatoms. The number of aliphatic carboxylic acids is 1. The second-order valence-electron chi connectivity index (χ2n) is 13.3. The molecule has 5 rings (SSSR count). The summed E-state index contributed by atoms with van der Waals surface area (Å²) >= 11 is 0. The van der Waals surface area contributed by atoms with Crippen molar-refractivity contribution in [1.82, 2.24) is 14.9 Å². The first kappa shape index (κ1) is 36.1. The maximum atomic E-state index is 13.6. The third-order valence-corrected chi connectivity index (χ3v) is 9.73. The molecular weight excluding hydrogens is 644 g/mol. The number of alkyl halides is 6. The molecule has 0 radical (unpaired) electrons. The Kier molecular flexibility index (Phi) is 11.1. The number of carbonyl (C=O) groups is 1. The quantitative estimate of drug-likeness (QED) is 0.246. The first-order chi connectivity index (χ1) is 22.6. The van der Waals surface area contributed by atoms with E-state index in [1.165, 1.54) is 4.90 Å². The monoisotopic (exact) mass is 687 g/mol. The molecule has 2 saturated heterocycles. The second-order valence-corrected chi connectivity index (χ2v) is 13.3. The zero-order chi connectivity index (χ0) is 34.8. The summed E-state index contributed by atoms with van der Waals surface area (Å²) in [5.74, 6) is 0.922. The predicted octanol–water partition coefficient (Wildman–Crippen LogP) is 6.85. The van der Waals surface area contributed by atoms with Gasteiger partial charge in [-0.2, -0.15) is 26.3 Å². The SMILES string of the molecule is CCCN(CC1CCC(CC(=O)O)CC1)c1ncc(N2CCCC2)nc1CN1C(O)OC(c2cc(C(F)(F)F)cc(C(F)(F)F)c2)[C@@H]1C. The smallest absolute Gasteiger partial charge is 0.416 e. The number of nitrogens with zero attached hydrogens (tertiary/aromatic N) is 5. The molecular formula is C33H43F6N5O4. The van der Waals surface area contributed by atoms with E-state index in [-0.39, 0.29) is 30.5 Å². The molecule has 3 fully saturated rings. The lowest BCUT2D eigenvalue weighted by Crippen LogP contribution is -2.38. The summed E-state index contributed by atoms with van der Waals surface area (Å²) in [6.45, 7) is 6.54. The van der Waals surface area contributed by atoms with Gasteiger partial charge in [-0.05, 0) is 87.5 Å². The van der Waals surface area contributed by atoms with Crippen LogP contribution >= 0.6 is 0 Å². The maximum absolute atomic E-state index is 13.6. The first-order valence-electron chi connectivity index (χ1n) is 16.6. The highest BCUT2D eigenvalue weighted by molar-refractivity contribution is 5.67. The van der Waals surface area contributed by atoms with Crippen molar-refractivity contribution in [2.45, 2.75) is 103 Å². The summed E-state index contributed by atoms with van der Waals surface area (Å²) in [5, 5.41) is 20.2. The number of hydrogen-bond acceptors (Lipinski definition) is 8. The minimum absolute atomic E-state index is 0.0144. The van der Waals surface area contributed by atoms with Crippen molar-refractivity contribution in [2.24, 2.45) is 11.8 Å². The zero-order valence-electron chi connectivity index (χ0n) is 27.1. The van der Waals surface area contributed by atoms with E-state index in [9.17, 15) is 41.4 Å². The standard InChI is InChI=1S/C33H43F6N5O4/c1-3-10-43(18-22-8-6-21(7-9-22)13-28(45)46)30-26(41-27(17-40-30)42-11-4-5-12-42)19-44-20(2)29(48-31(44)47)23-14-24(32(34,35)36)16-25(15-23)33(37,38)39/h14-17,20-22,29,31,47H,3-13,18-19H2,1-2H3,(H,45,46)/t20-,21?,22?,29?,31?/m0/s1. The van der Waals surface area contributed by atoms with Gasteiger partial charge in [-0.1, -0.05) is 6.92 Å². The molecule has 1 aromatic carbocycles. The molecule has 3 heterocycles. The fourth-order valence-corrected chi connectivity index (χ4v) is 7.20. The summed E-state index contributed by atoms with van der Waals surface area (Å²) in [5.41, 5.74) is -2.72. The van der Waals surface area contributed by atoms with Crippen LogP contribution < -0.4 is 9.80 Å². The van der Waals surface area contributed by atoms with Crippen molar-refractivity contribution in [3.05, 3.63) is 46.8 Å². The zero-order valence-corrected chi connectivity index (χ0v) is 27.1. The molecule has 1 saturated carbocycles. The Bertz CT molecular complexity index is 1380. The van der Waals surface area contributed by atoms with Crippen LogP contribution in [-0.2, 0) is 28.4 Å². The number of carboxylic acid groups (broad SMARTS) is 1. The van der Waals surface area contributed by atoms with Crippen LogP contribution in [0.15, 0.2) is 24.4 Å². The Morgan fingerprint density at radius 3 is 2.17 bits per heavy atom. The average molecular weight is 688 g/mol. The van der Waals surface area contributed by atoms with E-state index in [0.717, 1.165) is 58.0 Å². The van der Waals surface area contributed by atoms with Crippen LogP contribution in [0.25, 0.3) is 0 Å². The van der Waals surface area contributed by atoms with Crippen molar-refractivity contribution >= 4 is 17.6 Å². The minimum atomic E-state index is -5.02. The minimum Gasteiger partial charge on any atom is -0.481 e. The molecule has 9 nitrogen and oxygen atoms in total. The number of aromatic nitrogens is 2. The lowest BCUT2D eigenvalue weighted by atomic mass is 9.80. The third-order valence-electron chi connectivity index (χ3n) is 9.73. The Hall–Kier alpha value is -3.17. The molecule has 1 aliphatic carbocycles. The van der Waals surface area contributed by atoms with Crippen LogP contribution in [0.5, 0.6) is 0 Å². The Balaban J connectivity index is 1.43. The number of rotatable bonds is 11. The number of aliphatic hydroxyl groups excluding tert-OH is 1. The lowest BCUT2D eigenvalue weighted by molar-refractivity contribution is -0.154. The molecule has 2 aromatic rings. The van der Waals surface area contributed by atoms with E-state index < -0.39 is 48.0 Å². The summed E-state index contributed by atoms with van der Waals surface area (Å²) in [6, 6.07) is 0.531. The van der Waals surface area contributed by atoms with Gasteiger partial charge in [-0.25, -0.2) is 14.9 Å². The van der Waals surface area contributed by atoms with Crippen molar-refractivity contribution in [3.8, 4) is 0 Å². The fourth-order valence-electron chi connectivity index (χ4n) is 7.20. The van der Waals surface area contributed by atoms with Crippen LogP contribution in [0.2, 0.25) is 0 Å². The molecule has 3 aliphatic rings. The molecule has 3 atom stereocenters. The largest absolute Gasteiger partial charge is 0.481 e. The summed E-state index contributed by atoms with van der Waals surface area (Å²) < 4.78 is 87.4. The Labute approximate surface area is 275 Å². The highest BCUT2D eigenvalue weighted by Gasteiger charge is 2.43. The Morgan fingerprint density at radius 1 is 1.00 bits per heavy atom. The number of aliphatic hydroxyl groups is 1. The van der Waals surface area contributed by atoms with Crippen LogP contribution in [0, 0.1) is 11.8 Å². The number of anilines is 2. The molecule has 0 spiro atoms. The first-order valence-corrected chi connectivity index (χ1v) is 16.6. The van der Waals surface area contributed by atoms with Crippen LogP contribution in [-0.4, -0.2) is 69.7 Å². The van der Waals surface area contributed by atoms with Gasteiger partial charge in [0.25, 0.3) is 0 Å². The van der Waals surface area contributed by atoms with Crippen molar-refractivity contribution in [2.75, 3.05) is 36.0 Å². The van der Waals surface area contributed by atoms with Crippen LogP contribution in [0.3, 0.4) is 0 Å². The normalized spacial score (nSPS) is 25.5. The number of ether oxygens (including phenoxy) is 1. The van der Waals surface area contributed by atoms with Crippen molar-refractivity contribution in [1.29, 1.82) is 0 Å². The van der Waals surface area contributed by atoms with Gasteiger partial charge >= 0.3 is 18.3 Å². The molecule has 1 aromatic heterocycles. The molecule has 2 N–H and O–H groups in total. The lowest BCUT2D eigenvalue weighted by Gasteiger charge is -2.34. The molecule has 48 heavy (non-hydrogen) atoms. The molecule has 0 bridgehead atoms. The Morgan fingerprint density at radius 2 is 1.60 bits per heavy atom. The number of halogens is 6. The highest BCUT2D eigenvalue weighted by atomic mass is 19.4. The van der Waals surface area contributed by atoms with Gasteiger partial charge in [0.2, 0.25) is 6.41 Å². The number of hydrogen-bond donors (Lipinski definition) is 2. The maximum Gasteiger partial charge on any atom is 0.416 e. The molecule has 2 unspecified atom stereocenters. The van der Waals surface area contributed by atoms with Crippen molar-refractivity contribution in [3.63, 3.8) is 0 Å².